The molecule has 1 fully saturated rings. The Labute approximate surface area is 194 Å². The van der Waals surface area contributed by atoms with Crippen molar-refractivity contribution in [1.29, 1.82) is 0 Å². The summed E-state index contributed by atoms with van der Waals surface area (Å²) in [4.78, 5) is 37.8. The van der Waals surface area contributed by atoms with Crippen LogP contribution in [0.25, 0.3) is 21.5 Å². The van der Waals surface area contributed by atoms with Crippen molar-refractivity contribution in [2.45, 2.75) is 13.0 Å². The van der Waals surface area contributed by atoms with E-state index >= 15 is 0 Å². The Kier molecular flexibility index (Phi) is 5.89. The van der Waals surface area contributed by atoms with E-state index in [0.29, 0.717) is 36.6 Å². The maximum Gasteiger partial charge on any atom is 0.274 e. The number of carbonyl (C=O) groups is 2. The quantitative estimate of drug-likeness (QED) is 0.487. The minimum Gasteiger partial charge on any atom is -0.464 e. The fraction of sp³-hybridized carbons (Fsp3) is 0.250. The Morgan fingerprint density at radius 1 is 1.21 bits per heavy atom. The van der Waals surface area contributed by atoms with Crippen LogP contribution < -0.4 is 5.32 Å². The first-order valence-corrected chi connectivity index (χ1v) is 11.5. The van der Waals surface area contributed by atoms with Crippen molar-refractivity contribution in [2.24, 2.45) is 0 Å². The number of morpholine rings is 1. The molecule has 168 valence electrons. The molecule has 0 spiro atoms. The van der Waals surface area contributed by atoms with Crippen LogP contribution in [-0.2, 0) is 4.74 Å². The van der Waals surface area contributed by atoms with E-state index in [1.807, 2.05) is 31.2 Å². The van der Waals surface area contributed by atoms with Crippen LogP contribution in [0.5, 0.6) is 0 Å². The Bertz CT molecular complexity index is 1300. The number of hydrogen-bond acceptors (Lipinski definition) is 7. The number of ether oxygens (including phenoxy) is 1. The zero-order valence-electron chi connectivity index (χ0n) is 18.0. The zero-order chi connectivity index (χ0) is 22.8. The van der Waals surface area contributed by atoms with Crippen LogP contribution in [-0.4, -0.2) is 59.0 Å². The number of nitrogens with one attached hydrogen (secondary N) is 1. The lowest BCUT2D eigenvalue weighted by Gasteiger charge is -2.35. The smallest absolute Gasteiger partial charge is 0.274 e. The van der Waals surface area contributed by atoms with Crippen LogP contribution in [0, 0.1) is 6.92 Å². The van der Waals surface area contributed by atoms with Gasteiger partial charge in [0.25, 0.3) is 11.8 Å². The lowest BCUT2D eigenvalue weighted by atomic mass is 10.1. The summed E-state index contributed by atoms with van der Waals surface area (Å²) in [5.41, 5.74) is 2.29. The van der Waals surface area contributed by atoms with Gasteiger partial charge in [0.2, 0.25) is 0 Å². The Morgan fingerprint density at radius 2 is 2.12 bits per heavy atom. The molecule has 2 amide bonds. The molecule has 33 heavy (non-hydrogen) atoms. The molecule has 1 aliphatic heterocycles. The second-order valence-corrected chi connectivity index (χ2v) is 8.90. The van der Waals surface area contributed by atoms with Crippen molar-refractivity contribution in [3.05, 3.63) is 71.2 Å². The fourth-order valence-corrected chi connectivity index (χ4v) is 4.86. The standard InChI is InChI=1S/C24H22N4O4S/c1-15-27-21(22(33-15)19-6-2-3-9-25-19)24(30)28-10-12-31-14-16(28)13-26-23(29)18-5-4-7-20-17(18)8-11-32-20/h2-9,11,16H,10,12-14H2,1H3,(H,26,29). The topological polar surface area (TPSA) is 97.6 Å². The lowest BCUT2D eigenvalue weighted by molar-refractivity contribution is -0.00152. The number of benzene rings is 1. The summed E-state index contributed by atoms with van der Waals surface area (Å²) < 4.78 is 11.0. The molecule has 1 N–H and O–H groups in total. The molecule has 1 saturated heterocycles. The third kappa shape index (κ3) is 4.24. The summed E-state index contributed by atoms with van der Waals surface area (Å²) in [7, 11) is 0. The van der Waals surface area contributed by atoms with Crippen LogP contribution in [0.15, 0.2) is 59.3 Å². The van der Waals surface area contributed by atoms with Crippen molar-refractivity contribution in [2.75, 3.05) is 26.3 Å². The molecule has 4 aromatic rings. The summed E-state index contributed by atoms with van der Waals surface area (Å²) in [6, 6.07) is 12.4. The number of rotatable bonds is 5. The minimum absolute atomic E-state index is 0.181. The zero-order valence-corrected chi connectivity index (χ0v) is 18.8. The summed E-state index contributed by atoms with van der Waals surface area (Å²) in [6.07, 6.45) is 3.26. The third-order valence-corrected chi connectivity index (χ3v) is 6.55. The van der Waals surface area contributed by atoms with E-state index in [1.54, 1.807) is 35.6 Å². The monoisotopic (exact) mass is 462 g/mol. The molecule has 4 heterocycles. The molecule has 9 heteroatoms. The number of nitrogens with zero attached hydrogens (tertiary/aromatic N) is 3. The molecule has 0 radical (unpaired) electrons. The average Bonchev–Trinajstić information content (AvgIpc) is 3.49. The molecule has 3 aromatic heterocycles. The molecule has 0 saturated carbocycles. The van der Waals surface area contributed by atoms with Gasteiger partial charge in [-0.3, -0.25) is 14.6 Å². The van der Waals surface area contributed by atoms with Crippen LogP contribution in [0.1, 0.15) is 25.9 Å². The van der Waals surface area contributed by atoms with E-state index in [0.717, 1.165) is 21.0 Å². The van der Waals surface area contributed by atoms with Crippen LogP contribution in [0.4, 0.5) is 0 Å². The van der Waals surface area contributed by atoms with E-state index in [4.69, 9.17) is 9.15 Å². The molecular weight excluding hydrogens is 440 g/mol. The number of amides is 2. The highest BCUT2D eigenvalue weighted by molar-refractivity contribution is 7.15. The van der Waals surface area contributed by atoms with Crippen molar-refractivity contribution in [3.63, 3.8) is 0 Å². The second kappa shape index (κ2) is 9.13. The van der Waals surface area contributed by atoms with Crippen LogP contribution in [0.3, 0.4) is 0 Å². The predicted octanol–water partition coefficient (Wildman–Crippen LogP) is 3.53. The van der Waals surface area contributed by atoms with Gasteiger partial charge in [-0.15, -0.1) is 11.3 Å². The number of thiazole rings is 1. The van der Waals surface area contributed by atoms with Crippen molar-refractivity contribution >= 4 is 34.1 Å². The maximum absolute atomic E-state index is 13.5. The molecule has 1 aromatic carbocycles. The molecule has 1 atom stereocenters. The number of furan rings is 1. The summed E-state index contributed by atoms with van der Waals surface area (Å²) >= 11 is 1.45. The lowest BCUT2D eigenvalue weighted by Crippen LogP contribution is -2.53. The van der Waals surface area contributed by atoms with Gasteiger partial charge in [-0.25, -0.2) is 4.98 Å². The number of hydrogen-bond donors (Lipinski definition) is 1. The van der Waals surface area contributed by atoms with E-state index in [-0.39, 0.29) is 24.4 Å². The molecule has 0 bridgehead atoms. The van der Waals surface area contributed by atoms with Gasteiger partial charge in [0, 0.05) is 24.7 Å². The Hall–Kier alpha value is -3.56. The highest BCUT2D eigenvalue weighted by Gasteiger charge is 2.32. The van der Waals surface area contributed by atoms with Gasteiger partial charge in [-0.05, 0) is 37.3 Å². The van der Waals surface area contributed by atoms with Gasteiger partial charge in [0.1, 0.15) is 11.3 Å². The first-order chi connectivity index (χ1) is 16.1. The van der Waals surface area contributed by atoms with Crippen LogP contribution in [0.2, 0.25) is 0 Å². The molecule has 1 unspecified atom stereocenters. The summed E-state index contributed by atoms with van der Waals surface area (Å²) in [5, 5.41) is 4.50. The highest BCUT2D eigenvalue weighted by Crippen LogP contribution is 2.30. The van der Waals surface area contributed by atoms with Gasteiger partial charge in [0.15, 0.2) is 0 Å². The molecule has 8 nitrogen and oxygen atoms in total. The van der Waals surface area contributed by atoms with E-state index in [9.17, 15) is 9.59 Å². The average molecular weight is 463 g/mol. The number of aryl methyl sites for hydroxylation is 1. The fourth-order valence-electron chi connectivity index (χ4n) is 3.97. The first kappa shape index (κ1) is 21.3. The van der Waals surface area contributed by atoms with E-state index < -0.39 is 0 Å². The summed E-state index contributed by atoms with van der Waals surface area (Å²) in [5.74, 6) is -0.405. The van der Waals surface area contributed by atoms with Gasteiger partial charge in [-0.1, -0.05) is 12.1 Å². The van der Waals surface area contributed by atoms with Gasteiger partial charge in [-0.2, -0.15) is 0 Å². The number of pyridine rings is 1. The highest BCUT2D eigenvalue weighted by atomic mass is 32.1. The second-order valence-electron chi connectivity index (χ2n) is 7.70. The van der Waals surface area contributed by atoms with Gasteiger partial charge < -0.3 is 19.4 Å². The molecule has 5 rings (SSSR count). The SMILES string of the molecule is Cc1nc(C(=O)N2CCOCC2CNC(=O)c2cccc3occc23)c(-c2ccccn2)s1. The normalized spacial score (nSPS) is 16.2. The third-order valence-electron chi connectivity index (χ3n) is 5.56. The molecule has 0 aliphatic carbocycles. The van der Waals surface area contributed by atoms with E-state index in [2.05, 4.69) is 15.3 Å². The van der Waals surface area contributed by atoms with Crippen molar-refractivity contribution < 1.29 is 18.7 Å². The largest absolute Gasteiger partial charge is 0.464 e. The van der Waals surface area contributed by atoms with Crippen LogP contribution >= 0.6 is 11.3 Å². The Morgan fingerprint density at radius 3 is 2.97 bits per heavy atom. The first-order valence-electron chi connectivity index (χ1n) is 10.6. The van der Waals surface area contributed by atoms with Crippen molar-refractivity contribution in [1.82, 2.24) is 20.2 Å². The maximum atomic E-state index is 13.5. The molecular formula is C24H22N4O4S. The number of aromatic nitrogens is 2. The summed E-state index contributed by atoms with van der Waals surface area (Å²) in [6.45, 7) is 3.34. The minimum atomic E-state index is -0.308. The molecule has 1 aliphatic rings. The number of carbonyl (C=O) groups excluding carboxylic acids is 2. The van der Waals surface area contributed by atoms with Gasteiger partial charge >= 0.3 is 0 Å². The van der Waals surface area contributed by atoms with Gasteiger partial charge in [0.05, 0.1) is 46.7 Å². The van der Waals surface area contributed by atoms with Crippen molar-refractivity contribution in [3.8, 4) is 10.6 Å². The predicted molar refractivity (Wildman–Crippen MR) is 124 cm³/mol. The Balaban J connectivity index is 1.35. The van der Waals surface area contributed by atoms with E-state index in [1.165, 1.54) is 11.3 Å². The number of fused-ring (bicyclic) bond motifs is 1.